The highest BCUT2D eigenvalue weighted by atomic mass is 16.5. The van der Waals surface area contributed by atoms with Crippen LogP contribution in [-0.2, 0) is 11.2 Å². The third-order valence-corrected chi connectivity index (χ3v) is 6.43. The summed E-state index contributed by atoms with van der Waals surface area (Å²) in [4.78, 5) is 19.2. The third kappa shape index (κ3) is 5.53. The SMILES string of the molecule is COCCN(C)CCCN1CCc2cnc(-c3ccc(N4CCN(C)CC4)cc3)nc21. The molecule has 4 rings (SSSR count). The number of hydrogen-bond donors (Lipinski definition) is 0. The molecule has 7 nitrogen and oxygen atoms in total. The summed E-state index contributed by atoms with van der Waals surface area (Å²) in [6.07, 6.45) is 4.19. The highest BCUT2D eigenvalue weighted by Crippen LogP contribution is 2.29. The van der Waals surface area contributed by atoms with Gasteiger partial charge in [0, 0.05) is 75.9 Å². The molecule has 0 unspecified atom stereocenters. The molecule has 2 aromatic rings. The molecule has 1 saturated heterocycles. The maximum Gasteiger partial charge on any atom is 0.161 e. The summed E-state index contributed by atoms with van der Waals surface area (Å²) in [5.41, 5.74) is 3.65. The molecule has 0 radical (unpaired) electrons. The van der Waals surface area contributed by atoms with Gasteiger partial charge in [-0.1, -0.05) is 0 Å². The van der Waals surface area contributed by atoms with Gasteiger partial charge in [0.15, 0.2) is 5.82 Å². The molecular formula is C24H36N6O. The molecule has 0 spiro atoms. The van der Waals surface area contributed by atoms with Gasteiger partial charge in [0.25, 0.3) is 0 Å². The second-order valence-electron chi connectivity index (χ2n) is 8.77. The number of ether oxygens (including phenoxy) is 1. The van der Waals surface area contributed by atoms with E-state index in [1.165, 1.54) is 11.3 Å². The van der Waals surface area contributed by atoms with Crippen LogP contribution in [0.5, 0.6) is 0 Å². The molecule has 0 saturated carbocycles. The quantitative estimate of drug-likeness (QED) is 0.612. The standard InChI is InChI=1S/C24H36N6O/c1-27(17-18-31-3)10-4-11-30-12-9-21-19-25-23(26-24(21)30)20-5-7-22(8-6-20)29-15-13-28(2)14-16-29/h5-8,19H,4,9-18H2,1-3H3. The number of aromatic nitrogens is 2. The van der Waals surface area contributed by atoms with Crippen molar-refractivity contribution < 1.29 is 4.74 Å². The molecular weight excluding hydrogens is 388 g/mol. The Hall–Kier alpha value is -2.22. The van der Waals surface area contributed by atoms with E-state index < -0.39 is 0 Å². The third-order valence-electron chi connectivity index (χ3n) is 6.43. The summed E-state index contributed by atoms with van der Waals surface area (Å²) in [5.74, 6) is 1.94. The lowest BCUT2D eigenvalue weighted by Crippen LogP contribution is -2.44. The van der Waals surface area contributed by atoms with Crippen LogP contribution in [0.4, 0.5) is 11.5 Å². The lowest BCUT2D eigenvalue weighted by atomic mass is 10.1. The van der Waals surface area contributed by atoms with Crippen LogP contribution in [0.3, 0.4) is 0 Å². The number of rotatable bonds is 9. The van der Waals surface area contributed by atoms with Crippen LogP contribution in [0.1, 0.15) is 12.0 Å². The zero-order chi connectivity index (χ0) is 21.6. The first-order chi connectivity index (χ1) is 15.1. The minimum absolute atomic E-state index is 0.785. The fourth-order valence-corrected chi connectivity index (χ4v) is 4.34. The molecule has 2 aliphatic heterocycles. The monoisotopic (exact) mass is 424 g/mol. The summed E-state index contributed by atoms with van der Waals surface area (Å²) in [7, 11) is 6.10. The van der Waals surface area contributed by atoms with E-state index in [0.29, 0.717) is 0 Å². The van der Waals surface area contributed by atoms with Gasteiger partial charge in [-0.3, -0.25) is 0 Å². The van der Waals surface area contributed by atoms with E-state index in [4.69, 9.17) is 9.72 Å². The van der Waals surface area contributed by atoms with Crippen molar-refractivity contribution in [3.8, 4) is 11.4 Å². The predicted molar refractivity (Wildman–Crippen MR) is 127 cm³/mol. The van der Waals surface area contributed by atoms with Crippen LogP contribution in [0.25, 0.3) is 11.4 Å². The van der Waals surface area contributed by atoms with Gasteiger partial charge in [-0.15, -0.1) is 0 Å². The number of hydrogen-bond acceptors (Lipinski definition) is 7. The number of methoxy groups -OCH3 is 1. The number of anilines is 2. The molecule has 7 heteroatoms. The molecule has 0 aliphatic carbocycles. The maximum absolute atomic E-state index is 5.17. The van der Waals surface area contributed by atoms with E-state index in [0.717, 1.165) is 89.0 Å². The van der Waals surface area contributed by atoms with Gasteiger partial charge in [-0.05, 0) is 57.7 Å². The topological polar surface area (TPSA) is 48.0 Å². The molecule has 1 aromatic carbocycles. The number of benzene rings is 1. The molecule has 3 heterocycles. The Morgan fingerprint density at radius 3 is 2.55 bits per heavy atom. The van der Waals surface area contributed by atoms with E-state index in [1.54, 1.807) is 7.11 Å². The summed E-state index contributed by atoms with van der Waals surface area (Å²) >= 11 is 0. The Balaban J connectivity index is 1.38. The highest BCUT2D eigenvalue weighted by Gasteiger charge is 2.22. The first-order valence-corrected chi connectivity index (χ1v) is 11.5. The van der Waals surface area contributed by atoms with E-state index >= 15 is 0 Å². The Bertz CT molecular complexity index is 834. The van der Waals surface area contributed by atoms with Crippen LogP contribution < -0.4 is 9.80 Å². The van der Waals surface area contributed by atoms with Crippen molar-refractivity contribution in [1.82, 2.24) is 19.8 Å². The fourth-order valence-electron chi connectivity index (χ4n) is 4.34. The number of likely N-dealkylation sites (N-methyl/N-ethyl adjacent to an activating group) is 2. The van der Waals surface area contributed by atoms with E-state index in [2.05, 4.69) is 62.9 Å². The summed E-state index contributed by atoms with van der Waals surface area (Å²) < 4.78 is 5.17. The largest absolute Gasteiger partial charge is 0.383 e. The van der Waals surface area contributed by atoms with Crippen LogP contribution in [0.15, 0.2) is 30.5 Å². The Morgan fingerprint density at radius 1 is 1.03 bits per heavy atom. The van der Waals surface area contributed by atoms with Gasteiger partial charge < -0.3 is 24.3 Å². The minimum atomic E-state index is 0.785. The molecule has 1 aromatic heterocycles. The van der Waals surface area contributed by atoms with Gasteiger partial charge in [0.2, 0.25) is 0 Å². The number of piperazine rings is 1. The number of nitrogens with zero attached hydrogens (tertiary/aromatic N) is 6. The molecule has 31 heavy (non-hydrogen) atoms. The van der Waals surface area contributed by atoms with Crippen molar-refractivity contribution in [1.29, 1.82) is 0 Å². The van der Waals surface area contributed by atoms with Crippen LogP contribution in [0, 0.1) is 0 Å². The predicted octanol–water partition coefficient (Wildman–Crippen LogP) is 2.23. The lowest BCUT2D eigenvalue weighted by Gasteiger charge is -2.34. The highest BCUT2D eigenvalue weighted by molar-refractivity contribution is 5.63. The van der Waals surface area contributed by atoms with Crippen LogP contribution in [0.2, 0.25) is 0 Å². The number of fused-ring (bicyclic) bond motifs is 1. The molecule has 0 amide bonds. The summed E-state index contributed by atoms with van der Waals surface area (Å²) in [6.45, 7) is 9.31. The van der Waals surface area contributed by atoms with Crippen molar-refractivity contribution in [3.63, 3.8) is 0 Å². The van der Waals surface area contributed by atoms with Gasteiger partial charge in [-0.2, -0.15) is 0 Å². The summed E-state index contributed by atoms with van der Waals surface area (Å²) in [5, 5.41) is 0. The molecule has 1 fully saturated rings. The maximum atomic E-state index is 5.17. The van der Waals surface area contributed by atoms with Crippen molar-refractivity contribution in [2.75, 3.05) is 90.0 Å². The van der Waals surface area contributed by atoms with Crippen LogP contribution in [-0.4, -0.2) is 99.9 Å². The van der Waals surface area contributed by atoms with Crippen molar-refractivity contribution >= 4 is 11.5 Å². The van der Waals surface area contributed by atoms with Gasteiger partial charge in [0.1, 0.15) is 5.82 Å². The van der Waals surface area contributed by atoms with E-state index in [1.807, 2.05) is 6.20 Å². The van der Waals surface area contributed by atoms with Crippen LogP contribution >= 0.6 is 0 Å². The normalized spacial score (nSPS) is 16.9. The van der Waals surface area contributed by atoms with E-state index in [-0.39, 0.29) is 0 Å². The van der Waals surface area contributed by atoms with E-state index in [9.17, 15) is 0 Å². The van der Waals surface area contributed by atoms with Crippen molar-refractivity contribution in [2.45, 2.75) is 12.8 Å². The lowest BCUT2D eigenvalue weighted by molar-refractivity contribution is 0.161. The first-order valence-electron chi connectivity index (χ1n) is 11.5. The van der Waals surface area contributed by atoms with Gasteiger partial charge in [-0.25, -0.2) is 9.97 Å². The second kappa shape index (κ2) is 10.4. The Morgan fingerprint density at radius 2 is 1.81 bits per heavy atom. The summed E-state index contributed by atoms with van der Waals surface area (Å²) in [6, 6.07) is 8.76. The zero-order valence-electron chi connectivity index (χ0n) is 19.3. The molecule has 0 N–H and O–H groups in total. The molecule has 0 bridgehead atoms. The minimum Gasteiger partial charge on any atom is -0.383 e. The smallest absolute Gasteiger partial charge is 0.161 e. The average molecular weight is 425 g/mol. The Kier molecular flexibility index (Phi) is 7.37. The van der Waals surface area contributed by atoms with Gasteiger partial charge in [0.05, 0.1) is 6.61 Å². The fraction of sp³-hybridized carbons (Fsp3) is 0.583. The molecule has 0 atom stereocenters. The second-order valence-corrected chi connectivity index (χ2v) is 8.77. The van der Waals surface area contributed by atoms with Gasteiger partial charge >= 0.3 is 0 Å². The molecule has 2 aliphatic rings. The zero-order valence-corrected chi connectivity index (χ0v) is 19.3. The molecule has 168 valence electrons. The van der Waals surface area contributed by atoms with Crippen molar-refractivity contribution in [3.05, 3.63) is 36.0 Å². The average Bonchev–Trinajstić information content (AvgIpc) is 3.20. The van der Waals surface area contributed by atoms with Crippen molar-refractivity contribution in [2.24, 2.45) is 0 Å². The first kappa shape index (κ1) is 22.0. The Labute approximate surface area is 186 Å².